The molecule has 0 bridgehead atoms. The number of nitrogens with zero attached hydrogens (tertiary/aromatic N) is 1. The van der Waals surface area contributed by atoms with Crippen LogP contribution in [0.1, 0.15) is 12.5 Å². The molecule has 1 heterocycles. The molecule has 1 aromatic heterocycles. The van der Waals surface area contributed by atoms with Gasteiger partial charge >= 0.3 is 0 Å². The minimum absolute atomic E-state index is 0.616. The van der Waals surface area contributed by atoms with E-state index in [1.54, 1.807) is 6.92 Å². The summed E-state index contributed by atoms with van der Waals surface area (Å²) in [5.74, 6) is 0. The van der Waals surface area contributed by atoms with Crippen LogP contribution in [0.4, 0.5) is 0 Å². The number of aromatic nitrogens is 1. The molecule has 0 saturated heterocycles. The average Bonchev–Trinajstić information content (AvgIpc) is 2.75. The second kappa shape index (κ2) is 3.63. The van der Waals surface area contributed by atoms with Crippen molar-refractivity contribution in [3.63, 3.8) is 0 Å². The van der Waals surface area contributed by atoms with Crippen LogP contribution in [0, 0.1) is 0 Å². The Morgan fingerprint density at radius 1 is 1.06 bits per heavy atom. The first-order chi connectivity index (χ1) is 8.29. The Morgan fingerprint density at radius 2 is 1.82 bits per heavy atom. The van der Waals surface area contributed by atoms with Crippen LogP contribution in [0.2, 0.25) is 0 Å². The lowest BCUT2D eigenvalue weighted by atomic mass is 10.1. The number of benzene rings is 2. The Bertz CT molecular complexity index is 725. The Labute approximate surface area is 98.4 Å². The second-order valence-electron chi connectivity index (χ2n) is 4.12. The van der Waals surface area contributed by atoms with E-state index in [-0.39, 0.29) is 0 Å². The van der Waals surface area contributed by atoms with Gasteiger partial charge in [0.05, 0.1) is 5.71 Å². The lowest BCUT2D eigenvalue weighted by molar-refractivity contribution is 0.319. The van der Waals surface area contributed by atoms with Gasteiger partial charge < -0.3 is 10.2 Å². The summed E-state index contributed by atoms with van der Waals surface area (Å²) >= 11 is 0. The molecule has 0 amide bonds. The molecule has 3 aromatic rings. The predicted molar refractivity (Wildman–Crippen MR) is 69.8 cm³/mol. The Hall–Kier alpha value is -2.29. The SMILES string of the molecule is C/C(=N\O)c1ccc2c(c1)[nH]c1ccccc12. The van der Waals surface area contributed by atoms with E-state index in [1.807, 2.05) is 24.3 Å². The number of para-hydroxylation sites is 1. The van der Waals surface area contributed by atoms with E-state index in [0.29, 0.717) is 5.71 Å². The molecular weight excluding hydrogens is 212 g/mol. The summed E-state index contributed by atoms with van der Waals surface area (Å²) in [7, 11) is 0. The third-order valence-corrected chi connectivity index (χ3v) is 3.07. The van der Waals surface area contributed by atoms with Gasteiger partial charge in [0.1, 0.15) is 0 Å². The van der Waals surface area contributed by atoms with Gasteiger partial charge in [-0.05, 0) is 19.1 Å². The fourth-order valence-corrected chi connectivity index (χ4v) is 2.14. The standard InChI is InChI=1S/C14H12N2O/c1-9(16-17)10-6-7-12-11-4-2-3-5-13(11)15-14(12)8-10/h2-8,15,17H,1H3/b16-9+. The molecule has 0 aliphatic rings. The van der Waals surface area contributed by atoms with Crippen LogP contribution in [0.5, 0.6) is 0 Å². The van der Waals surface area contributed by atoms with Crippen LogP contribution < -0.4 is 0 Å². The van der Waals surface area contributed by atoms with Crippen LogP contribution in [0.15, 0.2) is 47.6 Å². The summed E-state index contributed by atoms with van der Waals surface area (Å²) in [5, 5.41) is 14.4. The largest absolute Gasteiger partial charge is 0.411 e. The van der Waals surface area contributed by atoms with Gasteiger partial charge in [0.15, 0.2) is 0 Å². The number of hydrogen-bond donors (Lipinski definition) is 2. The highest BCUT2D eigenvalue weighted by Crippen LogP contribution is 2.25. The van der Waals surface area contributed by atoms with E-state index in [0.717, 1.165) is 16.6 Å². The predicted octanol–water partition coefficient (Wildman–Crippen LogP) is 3.52. The van der Waals surface area contributed by atoms with Crippen LogP contribution in [-0.2, 0) is 0 Å². The van der Waals surface area contributed by atoms with Crippen molar-refractivity contribution < 1.29 is 5.21 Å². The van der Waals surface area contributed by atoms with Gasteiger partial charge in [-0.1, -0.05) is 35.5 Å². The molecule has 3 nitrogen and oxygen atoms in total. The highest BCUT2D eigenvalue weighted by Gasteiger charge is 2.05. The average molecular weight is 224 g/mol. The van der Waals surface area contributed by atoms with E-state index in [1.165, 1.54) is 10.8 Å². The number of oxime groups is 1. The number of aromatic amines is 1. The molecule has 0 atom stereocenters. The molecule has 0 saturated carbocycles. The summed E-state index contributed by atoms with van der Waals surface area (Å²) in [6, 6.07) is 14.2. The smallest absolute Gasteiger partial charge is 0.0837 e. The summed E-state index contributed by atoms with van der Waals surface area (Å²) in [6.07, 6.45) is 0. The van der Waals surface area contributed by atoms with E-state index in [2.05, 4.69) is 28.3 Å². The zero-order valence-corrected chi connectivity index (χ0v) is 9.44. The number of H-pyrrole nitrogens is 1. The molecular formula is C14H12N2O. The van der Waals surface area contributed by atoms with Gasteiger partial charge in [-0.3, -0.25) is 0 Å². The van der Waals surface area contributed by atoms with E-state index >= 15 is 0 Å². The molecule has 0 radical (unpaired) electrons. The summed E-state index contributed by atoms with van der Waals surface area (Å²) in [6.45, 7) is 1.78. The zero-order valence-electron chi connectivity index (χ0n) is 9.44. The van der Waals surface area contributed by atoms with Gasteiger partial charge in [0.2, 0.25) is 0 Å². The van der Waals surface area contributed by atoms with Crippen molar-refractivity contribution in [1.29, 1.82) is 0 Å². The fourth-order valence-electron chi connectivity index (χ4n) is 2.14. The lowest BCUT2D eigenvalue weighted by Gasteiger charge is -1.98. The summed E-state index contributed by atoms with van der Waals surface area (Å²) < 4.78 is 0. The van der Waals surface area contributed by atoms with E-state index in [4.69, 9.17) is 5.21 Å². The Morgan fingerprint density at radius 3 is 2.65 bits per heavy atom. The minimum atomic E-state index is 0.616. The van der Waals surface area contributed by atoms with Crippen molar-refractivity contribution in [3.8, 4) is 0 Å². The zero-order chi connectivity index (χ0) is 11.8. The highest BCUT2D eigenvalue weighted by atomic mass is 16.4. The summed E-state index contributed by atoms with van der Waals surface area (Å²) in [5.41, 5.74) is 3.72. The maximum absolute atomic E-state index is 8.78. The molecule has 0 fully saturated rings. The Balaban J connectivity index is 2.34. The van der Waals surface area contributed by atoms with Gasteiger partial charge in [-0.2, -0.15) is 0 Å². The number of rotatable bonds is 1. The molecule has 17 heavy (non-hydrogen) atoms. The second-order valence-corrected chi connectivity index (χ2v) is 4.12. The number of nitrogens with one attached hydrogen (secondary N) is 1. The number of fused-ring (bicyclic) bond motifs is 3. The van der Waals surface area contributed by atoms with Crippen LogP contribution in [0.25, 0.3) is 21.8 Å². The Kier molecular flexibility index (Phi) is 2.11. The highest BCUT2D eigenvalue weighted by molar-refractivity contribution is 6.10. The third-order valence-electron chi connectivity index (χ3n) is 3.07. The van der Waals surface area contributed by atoms with Gasteiger partial charge in [-0.15, -0.1) is 0 Å². The fraction of sp³-hybridized carbons (Fsp3) is 0.0714. The maximum atomic E-state index is 8.78. The van der Waals surface area contributed by atoms with E-state index < -0.39 is 0 Å². The van der Waals surface area contributed by atoms with Crippen molar-refractivity contribution >= 4 is 27.5 Å². The topological polar surface area (TPSA) is 48.4 Å². The van der Waals surface area contributed by atoms with Crippen molar-refractivity contribution in [2.75, 3.05) is 0 Å². The van der Waals surface area contributed by atoms with E-state index in [9.17, 15) is 0 Å². The van der Waals surface area contributed by atoms with Crippen molar-refractivity contribution in [1.82, 2.24) is 4.98 Å². The first-order valence-electron chi connectivity index (χ1n) is 5.49. The lowest BCUT2D eigenvalue weighted by Crippen LogP contribution is -1.93. The monoisotopic (exact) mass is 224 g/mol. The van der Waals surface area contributed by atoms with Crippen LogP contribution >= 0.6 is 0 Å². The molecule has 0 spiro atoms. The molecule has 0 unspecified atom stereocenters. The maximum Gasteiger partial charge on any atom is 0.0837 e. The summed E-state index contributed by atoms with van der Waals surface area (Å²) in [4.78, 5) is 3.36. The third kappa shape index (κ3) is 1.47. The molecule has 84 valence electrons. The number of hydrogen-bond acceptors (Lipinski definition) is 2. The van der Waals surface area contributed by atoms with Crippen LogP contribution in [-0.4, -0.2) is 15.9 Å². The molecule has 3 rings (SSSR count). The first kappa shape index (κ1) is 9.90. The van der Waals surface area contributed by atoms with Crippen molar-refractivity contribution in [2.45, 2.75) is 6.92 Å². The molecule has 0 aliphatic heterocycles. The van der Waals surface area contributed by atoms with Crippen molar-refractivity contribution in [2.24, 2.45) is 5.16 Å². The minimum Gasteiger partial charge on any atom is -0.411 e. The van der Waals surface area contributed by atoms with Crippen molar-refractivity contribution in [3.05, 3.63) is 48.0 Å². The van der Waals surface area contributed by atoms with Gasteiger partial charge in [-0.25, -0.2) is 0 Å². The van der Waals surface area contributed by atoms with Gasteiger partial charge in [0, 0.05) is 27.4 Å². The first-order valence-corrected chi connectivity index (χ1v) is 5.49. The molecule has 2 aromatic carbocycles. The normalized spacial score (nSPS) is 12.4. The molecule has 2 N–H and O–H groups in total. The van der Waals surface area contributed by atoms with Gasteiger partial charge in [0.25, 0.3) is 0 Å². The quantitative estimate of drug-likeness (QED) is 0.371. The van der Waals surface area contributed by atoms with Crippen LogP contribution in [0.3, 0.4) is 0 Å². The molecule has 0 aliphatic carbocycles. The molecule has 3 heteroatoms.